The Bertz CT molecular complexity index is 1810. The summed E-state index contributed by atoms with van der Waals surface area (Å²) < 4.78 is 78.6. The molecule has 2 N–H and O–H groups in total. The summed E-state index contributed by atoms with van der Waals surface area (Å²) in [4.78, 5) is 32.1. The first-order valence-electron chi connectivity index (χ1n) is 16.3. The number of morpholine rings is 1. The van der Waals surface area contributed by atoms with Gasteiger partial charge in [0.25, 0.3) is 5.91 Å². The smallest absolute Gasteiger partial charge is 0.416 e. The summed E-state index contributed by atoms with van der Waals surface area (Å²) in [5.74, 6) is -0.768. The Morgan fingerprint density at radius 3 is 2.43 bits per heavy atom. The molecule has 3 aromatic carbocycles. The number of amides is 2. The maximum Gasteiger partial charge on any atom is 0.416 e. The second kappa shape index (κ2) is 17.1. The van der Waals surface area contributed by atoms with Gasteiger partial charge in [0.15, 0.2) is 0 Å². The summed E-state index contributed by atoms with van der Waals surface area (Å²) in [7, 11) is 1.58. The van der Waals surface area contributed by atoms with E-state index in [1.807, 2.05) is 24.3 Å². The fourth-order valence-corrected chi connectivity index (χ4v) is 5.35. The van der Waals surface area contributed by atoms with Crippen LogP contribution in [0.3, 0.4) is 0 Å². The minimum Gasteiger partial charge on any atom is -0.497 e. The number of hydrogen-bond acceptors (Lipinski definition) is 8. The fourth-order valence-electron chi connectivity index (χ4n) is 5.35. The highest BCUT2D eigenvalue weighted by Crippen LogP contribution is 2.34. The van der Waals surface area contributed by atoms with Gasteiger partial charge in [-0.3, -0.25) is 14.5 Å². The van der Waals surface area contributed by atoms with Gasteiger partial charge in [0.2, 0.25) is 11.8 Å². The zero-order chi connectivity index (χ0) is 36.4. The SMILES string of the molecule is CCOc1cc(OCc2ccc(OC)cc2)ncc1-c1ccc(CC(=O)Nc2cc(C(=O)NCCN3CCOCC3)cc(C(F)(F)F)c2)c(F)c1. The van der Waals surface area contributed by atoms with Crippen molar-refractivity contribution < 1.29 is 46.1 Å². The average Bonchev–Trinajstić information content (AvgIpc) is 3.12. The third-order valence-electron chi connectivity index (χ3n) is 8.03. The molecule has 0 bridgehead atoms. The lowest BCUT2D eigenvalue weighted by molar-refractivity contribution is -0.137. The highest BCUT2D eigenvalue weighted by Gasteiger charge is 2.32. The van der Waals surface area contributed by atoms with Gasteiger partial charge in [-0.25, -0.2) is 9.37 Å². The molecular formula is C37H38F4N4O6. The molecule has 270 valence electrons. The van der Waals surface area contributed by atoms with Crippen LogP contribution >= 0.6 is 0 Å². The van der Waals surface area contributed by atoms with E-state index in [0.29, 0.717) is 62.2 Å². The molecule has 4 aromatic rings. The van der Waals surface area contributed by atoms with Crippen LogP contribution in [0.5, 0.6) is 17.4 Å². The molecule has 0 radical (unpaired) electrons. The molecule has 0 unspecified atom stereocenters. The van der Waals surface area contributed by atoms with Crippen molar-refractivity contribution in [2.24, 2.45) is 0 Å². The third kappa shape index (κ3) is 10.4. The Balaban J connectivity index is 1.24. The van der Waals surface area contributed by atoms with Crippen LogP contribution < -0.4 is 24.8 Å². The standard InChI is InChI=1S/C37H38F4N4O6/c1-3-50-33-21-35(51-23-24-4-8-30(48-2)9-5-24)43-22-31(33)25-6-7-26(32(38)18-25)19-34(46)44-29-17-27(16-28(20-29)37(39,40)41)36(47)42-10-11-45-12-14-49-15-13-45/h4-9,16-18,20-22H,3,10-15,19,23H2,1-2H3,(H,42,47)(H,44,46). The molecule has 0 spiro atoms. The van der Waals surface area contributed by atoms with Gasteiger partial charge in [0.05, 0.1) is 38.9 Å². The van der Waals surface area contributed by atoms with E-state index >= 15 is 4.39 Å². The molecule has 0 aliphatic carbocycles. The van der Waals surface area contributed by atoms with E-state index in [1.54, 1.807) is 26.2 Å². The number of nitrogens with one attached hydrogen (secondary N) is 2. The molecule has 0 saturated carbocycles. The number of hydrogen-bond donors (Lipinski definition) is 2. The normalized spacial score (nSPS) is 13.4. The van der Waals surface area contributed by atoms with Crippen LogP contribution in [0, 0.1) is 5.82 Å². The molecule has 2 heterocycles. The lowest BCUT2D eigenvalue weighted by atomic mass is 10.0. The van der Waals surface area contributed by atoms with Gasteiger partial charge in [-0.1, -0.05) is 24.3 Å². The summed E-state index contributed by atoms with van der Waals surface area (Å²) >= 11 is 0. The van der Waals surface area contributed by atoms with Crippen molar-refractivity contribution in [2.75, 3.05) is 58.4 Å². The number of ether oxygens (including phenoxy) is 4. The predicted octanol–water partition coefficient (Wildman–Crippen LogP) is 6.14. The lowest BCUT2D eigenvalue weighted by Crippen LogP contribution is -2.41. The third-order valence-corrected chi connectivity index (χ3v) is 8.03. The molecule has 10 nitrogen and oxygen atoms in total. The summed E-state index contributed by atoms with van der Waals surface area (Å²) in [5, 5.41) is 5.01. The van der Waals surface area contributed by atoms with Crippen molar-refractivity contribution >= 4 is 17.5 Å². The summed E-state index contributed by atoms with van der Waals surface area (Å²) in [6.45, 7) is 5.63. The maximum absolute atomic E-state index is 15.4. The lowest BCUT2D eigenvalue weighted by Gasteiger charge is -2.26. The van der Waals surface area contributed by atoms with Gasteiger partial charge < -0.3 is 29.6 Å². The molecule has 5 rings (SSSR count). The molecule has 2 amide bonds. The number of pyridine rings is 1. The summed E-state index contributed by atoms with van der Waals surface area (Å²) in [6, 6.07) is 15.8. The van der Waals surface area contributed by atoms with Crippen LogP contribution in [0.25, 0.3) is 11.1 Å². The Morgan fingerprint density at radius 2 is 1.75 bits per heavy atom. The van der Waals surface area contributed by atoms with Crippen LogP contribution in [0.4, 0.5) is 23.2 Å². The second-order valence-corrected chi connectivity index (χ2v) is 11.6. The largest absolute Gasteiger partial charge is 0.497 e. The van der Waals surface area contributed by atoms with Crippen molar-refractivity contribution in [3.05, 3.63) is 101 Å². The number of halogens is 4. The first-order chi connectivity index (χ1) is 24.5. The Kier molecular flexibility index (Phi) is 12.5. The van der Waals surface area contributed by atoms with Crippen LogP contribution in [0.2, 0.25) is 0 Å². The van der Waals surface area contributed by atoms with E-state index in [2.05, 4.69) is 20.5 Å². The van der Waals surface area contributed by atoms with Gasteiger partial charge in [-0.2, -0.15) is 13.2 Å². The molecule has 1 fully saturated rings. The van der Waals surface area contributed by atoms with Gasteiger partial charge in [-0.05, 0) is 60.0 Å². The number of anilines is 1. The van der Waals surface area contributed by atoms with E-state index in [1.165, 1.54) is 18.3 Å². The Hall–Kier alpha value is -5.21. The number of aromatic nitrogens is 1. The van der Waals surface area contributed by atoms with Crippen molar-refractivity contribution in [3.8, 4) is 28.5 Å². The molecule has 0 atom stereocenters. The van der Waals surface area contributed by atoms with Crippen LogP contribution in [0.1, 0.15) is 34.0 Å². The van der Waals surface area contributed by atoms with Gasteiger partial charge >= 0.3 is 6.18 Å². The van der Waals surface area contributed by atoms with E-state index in [9.17, 15) is 22.8 Å². The Morgan fingerprint density at radius 1 is 0.980 bits per heavy atom. The number of alkyl halides is 3. The van der Waals surface area contributed by atoms with Crippen LogP contribution in [-0.2, 0) is 28.7 Å². The van der Waals surface area contributed by atoms with Gasteiger partial charge in [-0.15, -0.1) is 0 Å². The minimum atomic E-state index is -4.78. The van der Waals surface area contributed by atoms with Gasteiger partial charge in [0.1, 0.15) is 23.9 Å². The number of benzene rings is 3. The average molecular weight is 711 g/mol. The zero-order valence-corrected chi connectivity index (χ0v) is 28.1. The number of methoxy groups -OCH3 is 1. The monoisotopic (exact) mass is 710 g/mol. The molecule has 14 heteroatoms. The molecule has 51 heavy (non-hydrogen) atoms. The van der Waals surface area contributed by atoms with E-state index < -0.39 is 35.8 Å². The van der Waals surface area contributed by atoms with E-state index in [-0.39, 0.29) is 30.0 Å². The topological polar surface area (TPSA) is 111 Å². The first kappa shape index (κ1) is 37.1. The Labute approximate surface area is 292 Å². The van der Waals surface area contributed by atoms with Crippen LogP contribution in [-0.4, -0.2) is 74.8 Å². The predicted molar refractivity (Wildman–Crippen MR) is 181 cm³/mol. The second-order valence-electron chi connectivity index (χ2n) is 11.6. The number of nitrogens with zero attached hydrogens (tertiary/aromatic N) is 2. The highest BCUT2D eigenvalue weighted by molar-refractivity contribution is 5.98. The van der Waals surface area contributed by atoms with E-state index in [0.717, 1.165) is 29.5 Å². The quantitative estimate of drug-likeness (QED) is 0.150. The zero-order valence-electron chi connectivity index (χ0n) is 28.1. The van der Waals surface area contributed by atoms with E-state index in [4.69, 9.17) is 18.9 Å². The van der Waals surface area contributed by atoms with Crippen molar-refractivity contribution in [1.82, 2.24) is 15.2 Å². The van der Waals surface area contributed by atoms with Crippen molar-refractivity contribution in [3.63, 3.8) is 0 Å². The minimum absolute atomic E-state index is 0.00895. The van der Waals surface area contributed by atoms with Crippen molar-refractivity contribution in [2.45, 2.75) is 26.1 Å². The van der Waals surface area contributed by atoms with Crippen LogP contribution in [0.15, 0.2) is 72.9 Å². The number of carbonyl (C=O) groups is 2. The highest BCUT2D eigenvalue weighted by atomic mass is 19.4. The summed E-state index contributed by atoms with van der Waals surface area (Å²) in [5.41, 5.74) is 0.204. The number of rotatable bonds is 14. The fraction of sp³-hybridized carbons (Fsp3) is 0.324. The number of carbonyl (C=O) groups excluding carboxylic acids is 2. The first-order valence-corrected chi connectivity index (χ1v) is 16.3. The molecule has 1 aliphatic heterocycles. The maximum atomic E-state index is 15.4. The van der Waals surface area contributed by atoms with Gasteiger partial charge in [0, 0.05) is 55.3 Å². The molecule has 1 aliphatic rings. The van der Waals surface area contributed by atoms with Crippen molar-refractivity contribution in [1.29, 1.82) is 0 Å². The molecule has 1 aromatic heterocycles. The summed E-state index contributed by atoms with van der Waals surface area (Å²) in [6.07, 6.45) is -3.75. The molecular weight excluding hydrogens is 672 g/mol. The molecule has 1 saturated heterocycles.